The Hall–Kier alpha value is -3.20. The summed E-state index contributed by atoms with van der Waals surface area (Å²) >= 11 is 1.53. The van der Waals surface area contributed by atoms with E-state index in [1.807, 2.05) is 42.8 Å². The number of thioether (sulfide) groups is 1. The molecule has 0 aliphatic heterocycles. The van der Waals surface area contributed by atoms with Gasteiger partial charge >= 0.3 is 0 Å². The second-order valence-corrected chi connectivity index (χ2v) is 7.26. The average molecular weight is 381 g/mol. The summed E-state index contributed by atoms with van der Waals surface area (Å²) < 4.78 is 7.80. The van der Waals surface area contributed by atoms with E-state index < -0.39 is 4.92 Å². The first kappa shape index (κ1) is 17.2. The van der Waals surface area contributed by atoms with E-state index in [1.165, 1.54) is 23.9 Å². The van der Waals surface area contributed by atoms with Crippen molar-refractivity contribution >= 4 is 28.5 Å². The molecule has 2 heterocycles. The molecule has 0 radical (unpaired) electrons. The molecule has 27 heavy (non-hydrogen) atoms. The summed E-state index contributed by atoms with van der Waals surface area (Å²) in [7, 11) is 1.97. The fourth-order valence-electron chi connectivity index (χ4n) is 2.68. The normalized spacial score (nSPS) is 12.4. The number of fused-ring (bicyclic) bond motifs is 1. The molecule has 0 aliphatic rings. The molecular weight excluding hydrogens is 366 g/mol. The Bertz CT molecular complexity index is 1120. The number of aromatic nitrogens is 4. The van der Waals surface area contributed by atoms with Gasteiger partial charge in [-0.2, -0.15) is 0 Å². The summed E-state index contributed by atoms with van der Waals surface area (Å²) in [5, 5.41) is 19.7. The summed E-state index contributed by atoms with van der Waals surface area (Å²) in [6, 6.07) is 14.0. The van der Waals surface area contributed by atoms with E-state index in [-0.39, 0.29) is 10.9 Å². The molecule has 0 N–H and O–H groups in total. The van der Waals surface area contributed by atoms with Gasteiger partial charge < -0.3 is 8.98 Å². The molecule has 1 atom stereocenters. The number of para-hydroxylation sites is 2. The highest BCUT2D eigenvalue weighted by molar-refractivity contribution is 7.99. The minimum atomic E-state index is -0.446. The molecule has 8 nitrogen and oxygen atoms in total. The van der Waals surface area contributed by atoms with Crippen molar-refractivity contribution in [1.82, 2.24) is 19.7 Å². The lowest BCUT2D eigenvalue weighted by molar-refractivity contribution is -0.384. The van der Waals surface area contributed by atoms with Crippen LogP contribution in [0, 0.1) is 10.1 Å². The monoisotopic (exact) mass is 381 g/mol. The van der Waals surface area contributed by atoms with E-state index in [1.54, 1.807) is 12.1 Å². The van der Waals surface area contributed by atoms with Gasteiger partial charge in [-0.05, 0) is 31.2 Å². The molecule has 0 saturated heterocycles. The van der Waals surface area contributed by atoms with E-state index in [0.717, 1.165) is 16.2 Å². The van der Waals surface area contributed by atoms with E-state index in [4.69, 9.17) is 4.42 Å². The molecule has 0 spiro atoms. The lowest BCUT2D eigenvalue weighted by atomic mass is 10.2. The zero-order valence-corrected chi connectivity index (χ0v) is 15.4. The first-order valence-electron chi connectivity index (χ1n) is 8.19. The number of hydrogen-bond acceptors (Lipinski definition) is 7. The highest BCUT2D eigenvalue weighted by Gasteiger charge is 2.19. The van der Waals surface area contributed by atoms with Crippen molar-refractivity contribution in [3.05, 3.63) is 64.5 Å². The van der Waals surface area contributed by atoms with E-state index >= 15 is 0 Å². The van der Waals surface area contributed by atoms with Crippen molar-refractivity contribution in [3.63, 3.8) is 0 Å². The molecule has 136 valence electrons. The second kappa shape index (κ2) is 6.84. The van der Waals surface area contributed by atoms with Gasteiger partial charge in [0.1, 0.15) is 0 Å². The zero-order chi connectivity index (χ0) is 19.0. The van der Waals surface area contributed by atoms with Gasteiger partial charge in [-0.25, -0.2) is 4.98 Å². The first-order valence-corrected chi connectivity index (χ1v) is 9.07. The standard InChI is InChI=1S/C18H15N5O3S/c1-11(27-18-19-14-5-3-4-6-15(14)22(18)2)16-20-21-17(26-16)12-7-9-13(10-8-12)23(24)25/h3-11H,1-2H3. The van der Waals surface area contributed by atoms with Crippen LogP contribution < -0.4 is 0 Å². The third-order valence-corrected chi connectivity index (χ3v) is 5.27. The number of nitro groups is 1. The van der Waals surface area contributed by atoms with Crippen molar-refractivity contribution in [2.24, 2.45) is 7.05 Å². The molecule has 4 aromatic rings. The predicted molar refractivity (Wildman–Crippen MR) is 101 cm³/mol. The molecule has 0 amide bonds. The van der Waals surface area contributed by atoms with Crippen LogP contribution in [0.3, 0.4) is 0 Å². The molecule has 0 bridgehead atoms. The Balaban J connectivity index is 1.55. The lowest BCUT2D eigenvalue weighted by Crippen LogP contribution is -1.94. The SMILES string of the molecule is CC(Sc1nc2ccccc2n1C)c1nnc(-c2ccc([N+](=O)[O-])cc2)o1. The molecule has 9 heteroatoms. The quantitative estimate of drug-likeness (QED) is 0.287. The predicted octanol–water partition coefficient (Wildman–Crippen LogP) is 4.38. The van der Waals surface area contributed by atoms with Crippen LogP contribution in [-0.4, -0.2) is 24.7 Å². The van der Waals surface area contributed by atoms with Crippen molar-refractivity contribution in [2.45, 2.75) is 17.3 Å². The Labute approximate surface area is 158 Å². The van der Waals surface area contributed by atoms with Crippen LogP contribution in [0.5, 0.6) is 0 Å². The summed E-state index contributed by atoms with van der Waals surface area (Å²) in [5.74, 6) is 0.803. The summed E-state index contributed by atoms with van der Waals surface area (Å²) in [5.41, 5.74) is 2.65. The smallest absolute Gasteiger partial charge is 0.269 e. The number of aryl methyl sites for hydroxylation is 1. The van der Waals surface area contributed by atoms with Crippen LogP contribution in [0.2, 0.25) is 0 Å². The van der Waals surface area contributed by atoms with Gasteiger partial charge in [-0.3, -0.25) is 10.1 Å². The number of imidazole rings is 1. The molecule has 1 unspecified atom stereocenters. The third-order valence-electron chi connectivity index (χ3n) is 4.14. The summed E-state index contributed by atoms with van der Waals surface area (Å²) in [6.07, 6.45) is 0. The Kier molecular flexibility index (Phi) is 4.36. The van der Waals surface area contributed by atoms with E-state index in [9.17, 15) is 10.1 Å². The fourth-order valence-corrected chi connectivity index (χ4v) is 3.60. The molecule has 0 saturated carbocycles. The van der Waals surface area contributed by atoms with Crippen LogP contribution in [-0.2, 0) is 7.05 Å². The second-order valence-electron chi connectivity index (χ2n) is 5.95. The van der Waals surface area contributed by atoms with Crippen LogP contribution in [0.15, 0.2) is 58.1 Å². The molecule has 2 aromatic carbocycles. The van der Waals surface area contributed by atoms with Crippen LogP contribution in [0.4, 0.5) is 5.69 Å². The molecule has 2 aromatic heterocycles. The Morgan fingerprint density at radius 1 is 1.15 bits per heavy atom. The van der Waals surface area contributed by atoms with Crippen molar-refractivity contribution in [3.8, 4) is 11.5 Å². The van der Waals surface area contributed by atoms with E-state index in [2.05, 4.69) is 15.2 Å². The van der Waals surface area contributed by atoms with Gasteiger partial charge in [0.25, 0.3) is 5.69 Å². The minimum absolute atomic E-state index is 0.0178. The Morgan fingerprint density at radius 3 is 2.59 bits per heavy atom. The maximum absolute atomic E-state index is 10.8. The maximum Gasteiger partial charge on any atom is 0.269 e. The number of hydrogen-bond donors (Lipinski definition) is 0. The van der Waals surface area contributed by atoms with Gasteiger partial charge in [-0.15, -0.1) is 10.2 Å². The molecule has 4 rings (SSSR count). The molecule has 0 aliphatic carbocycles. The lowest BCUT2D eigenvalue weighted by Gasteiger charge is -2.06. The summed E-state index contributed by atoms with van der Waals surface area (Å²) in [4.78, 5) is 14.9. The van der Waals surface area contributed by atoms with Gasteiger partial charge in [0.15, 0.2) is 5.16 Å². The molecular formula is C18H15N5O3S. The van der Waals surface area contributed by atoms with Crippen LogP contribution in [0.25, 0.3) is 22.5 Å². The van der Waals surface area contributed by atoms with Crippen molar-refractivity contribution < 1.29 is 9.34 Å². The van der Waals surface area contributed by atoms with Crippen LogP contribution >= 0.6 is 11.8 Å². The maximum atomic E-state index is 10.8. The van der Waals surface area contributed by atoms with Gasteiger partial charge in [0, 0.05) is 24.7 Å². The fraction of sp³-hybridized carbons (Fsp3) is 0.167. The minimum Gasteiger partial charge on any atom is -0.419 e. The molecule has 0 fully saturated rings. The van der Waals surface area contributed by atoms with Crippen molar-refractivity contribution in [1.29, 1.82) is 0 Å². The number of non-ortho nitro benzene ring substituents is 1. The topological polar surface area (TPSA) is 99.9 Å². The van der Waals surface area contributed by atoms with Gasteiger partial charge in [0.05, 0.1) is 21.2 Å². The third kappa shape index (κ3) is 3.28. The largest absolute Gasteiger partial charge is 0.419 e. The Morgan fingerprint density at radius 2 is 1.89 bits per heavy atom. The average Bonchev–Trinajstić information content (AvgIpc) is 3.28. The summed E-state index contributed by atoms with van der Waals surface area (Å²) in [6.45, 7) is 1.97. The van der Waals surface area contributed by atoms with Gasteiger partial charge in [-0.1, -0.05) is 23.9 Å². The zero-order valence-electron chi connectivity index (χ0n) is 14.6. The highest BCUT2D eigenvalue weighted by atomic mass is 32.2. The van der Waals surface area contributed by atoms with Crippen LogP contribution in [0.1, 0.15) is 18.1 Å². The van der Waals surface area contributed by atoms with Crippen molar-refractivity contribution in [2.75, 3.05) is 0 Å². The number of rotatable bonds is 5. The number of benzene rings is 2. The highest BCUT2D eigenvalue weighted by Crippen LogP contribution is 2.35. The van der Waals surface area contributed by atoms with E-state index in [0.29, 0.717) is 17.3 Å². The van der Waals surface area contributed by atoms with Gasteiger partial charge in [0.2, 0.25) is 11.8 Å². The number of nitrogens with zero attached hydrogens (tertiary/aromatic N) is 5. The first-order chi connectivity index (χ1) is 13.0. The number of nitro benzene ring substituents is 1.